The van der Waals surface area contributed by atoms with Crippen LogP contribution in [-0.2, 0) is 17.8 Å². The smallest absolute Gasteiger partial charge is 0.253 e. The molecule has 2 amide bonds. The fourth-order valence-electron chi connectivity index (χ4n) is 3.14. The van der Waals surface area contributed by atoms with E-state index in [-0.39, 0.29) is 24.1 Å². The number of benzene rings is 3. The van der Waals surface area contributed by atoms with Gasteiger partial charge in [-0.1, -0.05) is 42.5 Å². The molecule has 2 N–H and O–H groups in total. The van der Waals surface area contributed by atoms with Crippen molar-refractivity contribution in [3.63, 3.8) is 0 Å². The molecule has 0 atom stereocenters. The number of amides is 2. The topological polar surface area (TPSA) is 71.1 Å². The van der Waals surface area contributed by atoms with Crippen LogP contribution in [0.4, 0.5) is 10.1 Å². The van der Waals surface area contributed by atoms with Gasteiger partial charge in [-0.15, -0.1) is 11.3 Å². The summed E-state index contributed by atoms with van der Waals surface area (Å²) in [5.74, 6) is -0.849. The molecule has 0 saturated carbocycles. The molecule has 5 nitrogen and oxygen atoms in total. The first-order valence-corrected chi connectivity index (χ1v) is 10.9. The second-order valence-electron chi connectivity index (χ2n) is 7.09. The Kier molecular flexibility index (Phi) is 6.67. The molecule has 0 saturated heterocycles. The number of carbonyl (C=O) groups excluding carboxylic acids is 2. The molecule has 0 aliphatic carbocycles. The van der Waals surface area contributed by atoms with Crippen LogP contribution in [0, 0.1) is 5.82 Å². The minimum Gasteiger partial charge on any atom is -0.348 e. The van der Waals surface area contributed by atoms with E-state index in [0.717, 1.165) is 11.1 Å². The maximum absolute atomic E-state index is 13.1. The average molecular weight is 446 g/mol. The molecule has 7 heteroatoms. The van der Waals surface area contributed by atoms with Crippen LogP contribution in [0.25, 0.3) is 10.6 Å². The Hall–Kier alpha value is -3.84. The highest BCUT2D eigenvalue weighted by atomic mass is 32.1. The van der Waals surface area contributed by atoms with Gasteiger partial charge in [0, 0.05) is 17.5 Å². The first-order chi connectivity index (χ1) is 15.6. The van der Waals surface area contributed by atoms with Crippen LogP contribution in [0.15, 0.2) is 84.2 Å². The van der Waals surface area contributed by atoms with Crippen molar-refractivity contribution in [2.45, 2.75) is 13.0 Å². The second-order valence-corrected chi connectivity index (χ2v) is 7.95. The number of thiazole rings is 1. The standard InChI is InChI=1S/C25H20FN3O2S/c26-19-12-10-18(11-13-19)25-28-20(16-32-25)14-23(30)29-22-9-5-4-8-21(22)24(31)27-15-17-6-2-1-3-7-17/h1-13,16H,14-15H2,(H,27,31)(H,29,30). The molecular formula is C25H20FN3O2S. The number of aromatic nitrogens is 1. The minimum atomic E-state index is -0.309. The van der Waals surface area contributed by atoms with Gasteiger partial charge in [-0.25, -0.2) is 9.37 Å². The molecule has 0 unspecified atom stereocenters. The summed E-state index contributed by atoms with van der Waals surface area (Å²) in [5.41, 5.74) is 3.23. The van der Waals surface area contributed by atoms with Gasteiger partial charge in [0.2, 0.25) is 5.91 Å². The number of nitrogens with zero attached hydrogens (tertiary/aromatic N) is 1. The summed E-state index contributed by atoms with van der Waals surface area (Å²) in [6, 6.07) is 22.6. The number of anilines is 1. The summed E-state index contributed by atoms with van der Waals surface area (Å²) in [6.07, 6.45) is 0.0671. The number of nitrogens with one attached hydrogen (secondary N) is 2. The molecule has 4 rings (SSSR count). The van der Waals surface area contributed by atoms with Crippen LogP contribution in [-0.4, -0.2) is 16.8 Å². The lowest BCUT2D eigenvalue weighted by atomic mass is 10.1. The van der Waals surface area contributed by atoms with Gasteiger partial charge in [-0.05, 0) is 42.0 Å². The van der Waals surface area contributed by atoms with Gasteiger partial charge in [0.25, 0.3) is 5.91 Å². The van der Waals surface area contributed by atoms with Gasteiger partial charge in [-0.3, -0.25) is 9.59 Å². The number of para-hydroxylation sites is 1. The molecule has 1 heterocycles. The Bertz CT molecular complexity index is 1220. The van der Waals surface area contributed by atoms with Crippen LogP contribution in [0.2, 0.25) is 0 Å². The molecule has 4 aromatic rings. The van der Waals surface area contributed by atoms with Gasteiger partial charge in [0.15, 0.2) is 0 Å². The molecule has 0 aliphatic heterocycles. The number of carbonyl (C=O) groups is 2. The first kappa shape index (κ1) is 21.4. The lowest BCUT2D eigenvalue weighted by molar-refractivity contribution is -0.115. The summed E-state index contributed by atoms with van der Waals surface area (Å²) in [7, 11) is 0. The Morgan fingerprint density at radius 2 is 1.62 bits per heavy atom. The summed E-state index contributed by atoms with van der Waals surface area (Å²) in [4.78, 5) is 29.7. The fraction of sp³-hybridized carbons (Fsp3) is 0.0800. The number of rotatable bonds is 7. The zero-order valence-electron chi connectivity index (χ0n) is 17.0. The largest absolute Gasteiger partial charge is 0.348 e. The maximum Gasteiger partial charge on any atom is 0.253 e. The third kappa shape index (κ3) is 5.44. The highest BCUT2D eigenvalue weighted by Crippen LogP contribution is 2.24. The predicted octanol–water partition coefficient (Wildman–Crippen LogP) is 5.06. The van der Waals surface area contributed by atoms with Crippen molar-refractivity contribution in [3.05, 3.63) is 107 Å². The highest BCUT2D eigenvalue weighted by Gasteiger charge is 2.14. The third-order valence-corrected chi connectivity index (χ3v) is 5.67. The van der Waals surface area contributed by atoms with Crippen LogP contribution in [0.5, 0.6) is 0 Å². The van der Waals surface area contributed by atoms with Crippen LogP contribution in [0.1, 0.15) is 21.6 Å². The van der Waals surface area contributed by atoms with E-state index in [1.807, 2.05) is 30.3 Å². The van der Waals surface area contributed by atoms with Gasteiger partial charge in [0.05, 0.1) is 23.4 Å². The lowest BCUT2D eigenvalue weighted by Gasteiger charge is -2.11. The molecule has 0 radical (unpaired) electrons. The van der Waals surface area contributed by atoms with Crippen molar-refractivity contribution in [1.29, 1.82) is 0 Å². The van der Waals surface area contributed by atoms with E-state index < -0.39 is 0 Å². The fourth-order valence-corrected chi connectivity index (χ4v) is 3.96. The Balaban J connectivity index is 1.39. The van der Waals surface area contributed by atoms with E-state index in [2.05, 4.69) is 15.6 Å². The SMILES string of the molecule is O=C(Cc1csc(-c2ccc(F)cc2)n1)Nc1ccccc1C(=O)NCc1ccccc1. The number of halogens is 1. The molecule has 160 valence electrons. The molecule has 0 bridgehead atoms. The maximum atomic E-state index is 13.1. The van der Waals surface area contributed by atoms with Crippen LogP contribution >= 0.6 is 11.3 Å². The van der Waals surface area contributed by atoms with E-state index in [0.29, 0.717) is 28.5 Å². The summed E-state index contributed by atoms with van der Waals surface area (Å²) in [6.45, 7) is 0.396. The highest BCUT2D eigenvalue weighted by molar-refractivity contribution is 7.13. The summed E-state index contributed by atoms with van der Waals surface area (Å²) < 4.78 is 13.1. The average Bonchev–Trinajstić information content (AvgIpc) is 3.27. The Labute approximate surface area is 189 Å². The first-order valence-electron chi connectivity index (χ1n) is 10.00. The number of hydrogen-bond acceptors (Lipinski definition) is 4. The Morgan fingerprint density at radius 1 is 0.906 bits per heavy atom. The number of hydrogen-bond donors (Lipinski definition) is 2. The van der Waals surface area contributed by atoms with Crippen molar-refractivity contribution >= 4 is 28.8 Å². The molecule has 0 spiro atoms. The van der Waals surface area contributed by atoms with E-state index in [1.54, 1.807) is 41.8 Å². The molecule has 0 fully saturated rings. The lowest BCUT2D eigenvalue weighted by Crippen LogP contribution is -2.25. The van der Waals surface area contributed by atoms with Gasteiger partial charge >= 0.3 is 0 Å². The van der Waals surface area contributed by atoms with E-state index in [4.69, 9.17) is 0 Å². The van der Waals surface area contributed by atoms with E-state index in [1.165, 1.54) is 23.5 Å². The predicted molar refractivity (Wildman–Crippen MR) is 124 cm³/mol. The minimum absolute atomic E-state index is 0.0671. The zero-order valence-corrected chi connectivity index (χ0v) is 17.9. The van der Waals surface area contributed by atoms with E-state index in [9.17, 15) is 14.0 Å². The Morgan fingerprint density at radius 3 is 2.41 bits per heavy atom. The van der Waals surface area contributed by atoms with Crippen molar-refractivity contribution < 1.29 is 14.0 Å². The van der Waals surface area contributed by atoms with Gasteiger partial charge in [-0.2, -0.15) is 0 Å². The molecule has 0 aliphatic rings. The molecule has 1 aromatic heterocycles. The van der Waals surface area contributed by atoms with E-state index >= 15 is 0 Å². The molecule has 3 aromatic carbocycles. The summed E-state index contributed by atoms with van der Waals surface area (Å²) in [5, 5.41) is 8.20. The molecule has 32 heavy (non-hydrogen) atoms. The van der Waals surface area contributed by atoms with Crippen molar-refractivity contribution in [2.75, 3.05) is 5.32 Å². The van der Waals surface area contributed by atoms with Gasteiger partial charge in [0.1, 0.15) is 10.8 Å². The quantitative estimate of drug-likeness (QED) is 0.418. The van der Waals surface area contributed by atoms with Crippen LogP contribution < -0.4 is 10.6 Å². The second kappa shape index (κ2) is 9.98. The molecular weight excluding hydrogens is 425 g/mol. The zero-order chi connectivity index (χ0) is 22.3. The van der Waals surface area contributed by atoms with Gasteiger partial charge < -0.3 is 10.6 Å². The monoisotopic (exact) mass is 445 g/mol. The van der Waals surface area contributed by atoms with Crippen LogP contribution in [0.3, 0.4) is 0 Å². The summed E-state index contributed by atoms with van der Waals surface area (Å²) >= 11 is 1.39. The van der Waals surface area contributed by atoms with Crippen molar-refractivity contribution in [3.8, 4) is 10.6 Å². The normalized spacial score (nSPS) is 10.5. The third-order valence-electron chi connectivity index (χ3n) is 4.73. The van der Waals surface area contributed by atoms with Crippen molar-refractivity contribution in [2.24, 2.45) is 0 Å². The van der Waals surface area contributed by atoms with Crippen molar-refractivity contribution in [1.82, 2.24) is 10.3 Å².